The first-order chi connectivity index (χ1) is 8.99. The molecule has 1 aromatic carbocycles. The molecule has 1 aromatic rings. The summed E-state index contributed by atoms with van der Waals surface area (Å²) >= 11 is 0. The van der Waals surface area contributed by atoms with Gasteiger partial charge in [0.25, 0.3) is 0 Å². The lowest BCUT2D eigenvalue weighted by atomic mass is 10.1. The van der Waals surface area contributed by atoms with Gasteiger partial charge in [-0.15, -0.1) is 0 Å². The maximum atomic E-state index is 14.1. The van der Waals surface area contributed by atoms with Crippen molar-refractivity contribution in [2.24, 2.45) is 0 Å². The van der Waals surface area contributed by atoms with E-state index in [1.165, 1.54) is 11.0 Å². The summed E-state index contributed by atoms with van der Waals surface area (Å²) in [5.74, 6) is 2.84. The Morgan fingerprint density at radius 1 is 1.53 bits per heavy atom. The third kappa shape index (κ3) is 4.33. The van der Waals surface area contributed by atoms with Crippen molar-refractivity contribution >= 4 is 28.5 Å². The number of nitrogens with zero attached hydrogens (tertiary/aromatic N) is 1. The molecule has 0 heterocycles. The predicted octanol–water partition coefficient (Wildman–Crippen LogP) is 1.91. The first-order valence-corrected chi connectivity index (χ1v) is 7.27. The molecule has 0 spiro atoms. The lowest BCUT2D eigenvalue weighted by molar-refractivity contribution is -0.107. The summed E-state index contributed by atoms with van der Waals surface area (Å²) in [6.07, 6.45) is 1.39. The number of anilines is 1. The van der Waals surface area contributed by atoms with Crippen LogP contribution in [0.3, 0.4) is 0 Å². The molecule has 0 unspecified atom stereocenters. The van der Waals surface area contributed by atoms with Gasteiger partial charge in [0.2, 0.25) is 6.41 Å². The summed E-state index contributed by atoms with van der Waals surface area (Å²) in [4.78, 5) is 12.4. The van der Waals surface area contributed by atoms with Gasteiger partial charge in [0.1, 0.15) is 5.82 Å². The van der Waals surface area contributed by atoms with Crippen LogP contribution in [0.15, 0.2) is 12.1 Å². The molecule has 0 saturated heterocycles. The number of hydrogen-bond donors (Lipinski definition) is 1. The lowest BCUT2D eigenvalue weighted by Crippen LogP contribution is -2.24. The highest BCUT2D eigenvalue weighted by molar-refractivity contribution is 7.80. The summed E-state index contributed by atoms with van der Waals surface area (Å²) in [6, 6.07) is 3.11. The van der Waals surface area contributed by atoms with Crippen LogP contribution in [0.2, 0.25) is 0 Å². The maximum absolute atomic E-state index is 14.1. The van der Waals surface area contributed by atoms with E-state index in [-0.39, 0.29) is 6.54 Å². The summed E-state index contributed by atoms with van der Waals surface area (Å²) in [5, 5.41) is 0. The van der Waals surface area contributed by atoms with Crippen LogP contribution in [0, 0.1) is 12.7 Å². The van der Waals surface area contributed by atoms with E-state index in [2.05, 4.69) is 10.6 Å². The van der Waals surface area contributed by atoms with Gasteiger partial charge >= 0.3 is 0 Å². The van der Waals surface area contributed by atoms with Crippen molar-refractivity contribution in [3.05, 3.63) is 29.1 Å². The lowest BCUT2D eigenvalue weighted by Gasteiger charge is -2.20. The Labute approximate surface area is 114 Å². The van der Waals surface area contributed by atoms with Crippen LogP contribution < -0.4 is 9.62 Å². The number of benzene rings is 1. The molecule has 4 nitrogen and oxygen atoms in total. The number of amides is 1. The van der Waals surface area contributed by atoms with Crippen molar-refractivity contribution in [2.75, 3.05) is 11.4 Å². The summed E-state index contributed by atoms with van der Waals surface area (Å²) < 4.78 is 27.5. The number of rotatable bonds is 7. The number of hydrogen-bond acceptors (Lipinski definition) is 3. The molecule has 0 aliphatic rings. The van der Waals surface area contributed by atoms with Gasteiger partial charge in [0.05, 0.1) is 5.69 Å². The molecule has 1 amide bonds. The molecular formula is C13H18FN2O2S-. The van der Waals surface area contributed by atoms with E-state index in [1.807, 2.05) is 6.92 Å². The smallest absolute Gasteiger partial charge is 0.214 e. The molecule has 0 aromatic heterocycles. The monoisotopic (exact) mass is 285 g/mol. The van der Waals surface area contributed by atoms with Crippen molar-refractivity contribution in [3.8, 4) is 0 Å². The Morgan fingerprint density at radius 3 is 2.68 bits per heavy atom. The topological polar surface area (TPSA) is 49.4 Å². The number of carbonyl (C=O) groups excluding carboxylic acids is 1. The average molecular weight is 285 g/mol. The fourth-order valence-electron chi connectivity index (χ4n) is 1.90. The van der Waals surface area contributed by atoms with E-state index in [1.54, 1.807) is 13.0 Å². The van der Waals surface area contributed by atoms with E-state index in [0.717, 1.165) is 6.42 Å². The quantitative estimate of drug-likeness (QED) is 0.472. The third-order valence-electron chi connectivity index (χ3n) is 2.63. The van der Waals surface area contributed by atoms with Crippen molar-refractivity contribution in [1.29, 1.82) is 0 Å². The molecule has 6 heteroatoms. The molecular weight excluding hydrogens is 267 g/mol. The Kier molecular flexibility index (Phi) is 5.98. The predicted molar refractivity (Wildman–Crippen MR) is 76.9 cm³/mol. The Bertz CT molecular complexity index is 498. The van der Waals surface area contributed by atoms with Gasteiger partial charge in [-0.2, -0.15) is 5.87 Å². The van der Waals surface area contributed by atoms with Gasteiger partial charge < -0.3 is 13.8 Å². The van der Waals surface area contributed by atoms with Gasteiger partial charge in [0, 0.05) is 13.1 Å². The van der Waals surface area contributed by atoms with Crippen molar-refractivity contribution in [3.63, 3.8) is 0 Å². The highest BCUT2D eigenvalue weighted by Crippen LogP contribution is 2.25. The normalized spacial score (nSPS) is 10.7. The maximum Gasteiger partial charge on any atom is 0.214 e. The molecule has 19 heavy (non-hydrogen) atoms. The minimum absolute atomic E-state index is 0.267. The summed E-state index contributed by atoms with van der Waals surface area (Å²) in [6.45, 7) is 4.41. The number of nitrogens with one attached hydrogen (secondary N) is 1. The van der Waals surface area contributed by atoms with E-state index < -0.39 is 16.4 Å². The second-order valence-corrected chi connectivity index (χ2v) is 5.19. The molecule has 0 aliphatic heterocycles. The van der Waals surface area contributed by atoms with Gasteiger partial charge in [-0.25, -0.2) is 15.0 Å². The van der Waals surface area contributed by atoms with Crippen molar-refractivity contribution in [1.82, 2.24) is 4.72 Å². The molecule has 0 saturated carbocycles. The standard InChI is InChI=1S/C13H18FN2O2S/c1-4-5-16(9-17)13-10(2)6-11(7-12(13)14)8-15-19(3)18/h6-7,9H,3-5,8H2,1-2H3,(H,15,18)/q-1. The zero-order valence-corrected chi connectivity index (χ0v) is 11.9. The van der Waals surface area contributed by atoms with Crippen LogP contribution in [-0.2, 0) is 26.1 Å². The fourth-order valence-corrected chi connectivity index (χ4v) is 2.22. The first kappa shape index (κ1) is 15.7. The van der Waals surface area contributed by atoms with Crippen LogP contribution in [0.25, 0.3) is 0 Å². The number of aryl methyl sites for hydroxylation is 1. The van der Waals surface area contributed by atoms with Crippen molar-refractivity contribution in [2.45, 2.75) is 26.8 Å². The molecule has 1 N–H and O–H groups in total. The van der Waals surface area contributed by atoms with E-state index in [9.17, 15) is 13.4 Å². The zero-order valence-electron chi connectivity index (χ0n) is 11.1. The van der Waals surface area contributed by atoms with Crippen LogP contribution in [0.5, 0.6) is 0 Å². The van der Waals surface area contributed by atoms with E-state index in [0.29, 0.717) is 29.8 Å². The second kappa shape index (κ2) is 7.25. The molecule has 0 fully saturated rings. The van der Waals surface area contributed by atoms with E-state index >= 15 is 0 Å². The van der Waals surface area contributed by atoms with E-state index in [4.69, 9.17) is 0 Å². The largest absolute Gasteiger partial charge is 0.448 e. The minimum atomic E-state index is -1.39. The molecule has 0 aliphatic carbocycles. The SMILES string of the molecule is C=[S-](=O)NCc1cc(C)c(N(C=O)CCC)c(F)c1. The first-order valence-electron chi connectivity index (χ1n) is 5.95. The third-order valence-corrected chi connectivity index (χ3v) is 3.10. The Hall–Kier alpha value is -1.40. The van der Waals surface area contributed by atoms with Crippen molar-refractivity contribution < 1.29 is 13.4 Å². The molecule has 0 atom stereocenters. The van der Waals surface area contributed by atoms with Gasteiger partial charge in [-0.05, 0) is 30.5 Å². The minimum Gasteiger partial charge on any atom is -0.448 e. The van der Waals surface area contributed by atoms with Gasteiger partial charge in [-0.3, -0.25) is 4.79 Å². The van der Waals surface area contributed by atoms with Gasteiger partial charge in [0.15, 0.2) is 0 Å². The Balaban J connectivity index is 3.05. The highest BCUT2D eigenvalue weighted by atomic mass is 32.2. The van der Waals surface area contributed by atoms with Crippen LogP contribution in [0.1, 0.15) is 24.5 Å². The highest BCUT2D eigenvalue weighted by Gasteiger charge is 2.14. The molecule has 1 rings (SSSR count). The molecule has 106 valence electrons. The van der Waals surface area contributed by atoms with Crippen LogP contribution in [0.4, 0.5) is 10.1 Å². The second-order valence-electron chi connectivity index (χ2n) is 4.21. The molecule has 0 bridgehead atoms. The summed E-state index contributed by atoms with van der Waals surface area (Å²) in [5.41, 5.74) is 1.64. The fraction of sp³-hybridized carbons (Fsp3) is 0.385. The van der Waals surface area contributed by atoms with Gasteiger partial charge in [-0.1, -0.05) is 13.0 Å². The zero-order chi connectivity index (χ0) is 14.4. The van der Waals surface area contributed by atoms with Crippen LogP contribution in [-0.4, -0.2) is 18.8 Å². The Morgan fingerprint density at radius 2 is 2.21 bits per heavy atom. The number of carbonyl (C=O) groups is 1. The average Bonchev–Trinajstić information content (AvgIpc) is 2.34. The molecule has 0 radical (unpaired) electrons. The summed E-state index contributed by atoms with van der Waals surface area (Å²) in [7, 11) is -1.39. The van der Waals surface area contributed by atoms with Crippen LogP contribution >= 0.6 is 0 Å². The number of halogens is 1.